The number of benzene rings is 3. The lowest BCUT2D eigenvalue weighted by Crippen LogP contribution is -2.35. The molecule has 45 heavy (non-hydrogen) atoms. The van der Waals surface area contributed by atoms with Crippen LogP contribution < -0.4 is 15.4 Å². The fraction of sp³-hybridized carbons (Fsp3) is 0.429. The molecule has 3 amide bonds. The fourth-order valence-electron chi connectivity index (χ4n) is 5.29. The maximum atomic E-state index is 12.5. The minimum absolute atomic E-state index is 0.0902. The maximum absolute atomic E-state index is 12.5. The average Bonchev–Trinajstić information content (AvgIpc) is 3.39. The van der Waals surface area contributed by atoms with Crippen molar-refractivity contribution in [2.24, 2.45) is 0 Å². The first kappa shape index (κ1) is 32.3. The highest BCUT2D eigenvalue weighted by atomic mass is 16.7. The van der Waals surface area contributed by atoms with E-state index < -0.39 is 5.79 Å². The summed E-state index contributed by atoms with van der Waals surface area (Å²) in [6, 6.07) is 22.5. The van der Waals surface area contributed by atoms with E-state index in [9.17, 15) is 9.59 Å². The Hall–Kier alpha value is -4.12. The summed E-state index contributed by atoms with van der Waals surface area (Å²) >= 11 is 0. The molecule has 2 unspecified atom stereocenters. The number of hydrogen-bond donors (Lipinski definition) is 2. The molecule has 0 radical (unpaired) electrons. The number of cyclic esters (lactones) is 1. The summed E-state index contributed by atoms with van der Waals surface area (Å²) in [5, 5.41) is 5.65. The van der Waals surface area contributed by atoms with Gasteiger partial charge in [0.15, 0.2) is 0 Å². The molecule has 2 aliphatic rings. The highest BCUT2D eigenvalue weighted by Gasteiger charge is 2.33. The van der Waals surface area contributed by atoms with E-state index in [4.69, 9.17) is 23.7 Å². The Bertz CT molecular complexity index is 1430. The van der Waals surface area contributed by atoms with Gasteiger partial charge in [0.2, 0.25) is 5.79 Å². The topological polar surface area (TPSA) is 108 Å². The molecule has 3 aromatic carbocycles. The number of nitrogens with one attached hydrogen (secondary N) is 2. The van der Waals surface area contributed by atoms with Crippen molar-refractivity contribution in [1.29, 1.82) is 0 Å². The predicted molar refractivity (Wildman–Crippen MR) is 171 cm³/mol. The summed E-state index contributed by atoms with van der Waals surface area (Å²) in [6.07, 6.45) is 2.24. The van der Waals surface area contributed by atoms with Gasteiger partial charge in [-0.05, 0) is 73.7 Å². The van der Waals surface area contributed by atoms with Crippen molar-refractivity contribution in [3.8, 4) is 5.75 Å². The maximum Gasteiger partial charge on any atom is 0.410 e. The lowest BCUT2D eigenvalue weighted by Gasteiger charge is -2.32. The standard InChI is InChI=1S/C35H43N3O7/c1-25(42-19-18-41-23-26-11-9-14-30(20-26)37-33(39)36-29-12-5-4-6-13-29)10-7-8-17-38-22-32(44-34(38)40)27-15-16-31-28(21-27)24-43-35(2,3)45-31/h4-6,9,11-16,20-21,25,32H,7-8,10,17-19,22-24H2,1-3H3,(H2,36,37,39). The number of urea groups is 1. The number of nitrogens with zero attached hydrogens (tertiary/aromatic N) is 1. The minimum atomic E-state index is -0.640. The summed E-state index contributed by atoms with van der Waals surface area (Å²) in [4.78, 5) is 26.5. The zero-order chi connectivity index (χ0) is 31.6. The first-order chi connectivity index (χ1) is 21.7. The molecule has 2 N–H and O–H groups in total. The third-order valence-electron chi connectivity index (χ3n) is 7.68. The van der Waals surface area contributed by atoms with E-state index >= 15 is 0 Å². The minimum Gasteiger partial charge on any atom is -0.463 e. The second-order valence-electron chi connectivity index (χ2n) is 11.9. The Kier molecular flexibility index (Phi) is 10.9. The number of carbonyl (C=O) groups excluding carboxylic acids is 2. The number of anilines is 2. The van der Waals surface area contributed by atoms with Crippen LogP contribution in [-0.4, -0.2) is 55.2 Å². The van der Waals surface area contributed by atoms with Crippen LogP contribution in [0.1, 0.15) is 62.8 Å². The lowest BCUT2D eigenvalue weighted by molar-refractivity contribution is -0.180. The second kappa shape index (κ2) is 15.2. The van der Waals surface area contributed by atoms with Gasteiger partial charge < -0.3 is 39.2 Å². The van der Waals surface area contributed by atoms with E-state index in [0.717, 1.165) is 47.4 Å². The number of rotatable bonds is 14. The Morgan fingerprint density at radius 2 is 1.80 bits per heavy atom. The van der Waals surface area contributed by atoms with Gasteiger partial charge in [-0.3, -0.25) is 0 Å². The largest absolute Gasteiger partial charge is 0.463 e. The van der Waals surface area contributed by atoms with Crippen LogP contribution in [0.5, 0.6) is 5.75 Å². The van der Waals surface area contributed by atoms with Crippen LogP contribution in [-0.2, 0) is 32.2 Å². The monoisotopic (exact) mass is 617 g/mol. The highest BCUT2D eigenvalue weighted by Crippen LogP contribution is 2.35. The molecule has 1 saturated heterocycles. The van der Waals surface area contributed by atoms with Crippen molar-refractivity contribution in [2.75, 3.05) is 36.9 Å². The number of para-hydroxylation sites is 1. The fourth-order valence-corrected chi connectivity index (χ4v) is 5.29. The Labute approximate surface area is 264 Å². The summed E-state index contributed by atoms with van der Waals surface area (Å²) in [6.45, 7) is 8.88. The van der Waals surface area contributed by atoms with Crippen molar-refractivity contribution in [2.45, 2.75) is 71.2 Å². The van der Waals surface area contributed by atoms with Gasteiger partial charge in [-0.25, -0.2) is 9.59 Å². The number of carbonyl (C=O) groups is 2. The molecule has 10 nitrogen and oxygen atoms in total. The molecule has 5 rings (SSSR count). The van der Waals surface area contributed by atoms with E-state index in [1.165, 1.54) is 0 Å². The van der Waals surface area contributed by atoms with E-state index in [1.807, 2.05) is 86.6 Å². The SMILES string of the molecule is CC(CCCCN1CC(c2ccc3c(c2)COC(C)(C)O3)OC1=O)OCCOCc1cccc(NC(=O)Nc2ccccc2)c1. The first-order valence-electron chi connectivity index (χ1n) is 15.6. The molecule has 1 fully saturated rings. The predicted octanol–water partition coefficient (Wildman–Crippen LogP) is 7.26. The lowest BCUT2D eigenvalue weighted by atomic mass is 10.0. The van der Waals surface area contributed by atoms with E-state index in [2.05, 4.69) is 17.6 Å². The van der Waals surface area contributed by atoms with Gasteiger partial charge in [0.05, 0.1) is 39.1 Å². The van der Waals surface area contributed by atoms with Gasteiger partial charge in [-0.1, -0.05) is 36.4 Å². The van der Waals surface area contributed by atoms with Gasteiger partial charge >= 0.3 is 12.1 Å². The molecule has 0 aliphatic carbocycles. The molecule has 10 heteroatoms. The van der Waals surface area contributed by atoms with E-state index in [0.29, 0.717) is 45.2 Å². The molecule has 0 saturated carbocycles. The van der Waals surface area contributed by atoms with E-state index in [1.54, 1.807) is 4.90 Å². The van der Waals surface area contributed by atoms with Crippen molar-refractivity contribution in [3.05, 3.63) is 89.5 Å². The molecule has 0 bridgehead atoms. The van der Waals surface area contributed by atoms with Gasteiger partial charge in [-0.2, -0.15) is 0 Å². The Morgan fingerprint density at radius 1 is 1.00 bits per heavy atom. The summed E-state index contributed by atoms with van der Waals surface area (Å²) < 4.78 is 29.0. The van der Waals surface area contributed by atoms with Crippen LogP contribution >= 0.6 is 0 Å². The molecule has 3 aromatic rings. The molecule has 0 spiro atoms. The average molecular weight is 618 g/mol. The number of fused-ring (bicyclic) bond motifs is 1. The number of amides is 3. The number of hydrogen-bond acceptors (Lipinski definition) is 7. The smallest absolute Gasteiger partial charge is 0.410 e. The zero-order valence-electron chi connectivity index (χ0n) is 26.3. The first-order valence-corrected chi connectivity index (χ1v) is 15.6. The van der Waals surface area contributed by atoms with Crippen molar-refractivity contribution < 1.29 is 33.3 Å². The highest BCUT2D eigenvalue weighted by molar-refractivity contribution is 5.99. The summed E-state index contributed by atoms with van der Waals surface area (Å²) in [5.74, 6) is 0.169. The van der Waals surface area contributed by atoms with Gasteiger partial charge in [0.25, 0.3) is 0 Å². The molecule has 240 valence electrons. The van der Waals surface area contributed by atoms with Crippen LogP contribution in [0, 0.1) is 0 Å². The molecule has 0 aromatic heterocycles. The summed E-state index contributed by atoms with van der Waals surface area (Å²) in [7, 11) is 0. The van der Waals surface area contributed by atoms with Gasteiger partial charge in [0, 0.05) is 37.3 Å². The van der Waals surface area contributed by atoms with Gasteiger partial charge in [0.1, 0.15) is 11.9 Å². The number of unbranched alkanes of at least 4 members (excludes halogenated alkanes) is 1. The van der Waals surface area contributed by atoms with Gasteiger partial charge in [-0.15, -0.1) is 0 Å². The normalized spacial score (nSPS) is 17.6. The van der Waals surface area contributed by atoms with E-state index in [-0.39, 0.29) is 24.3 Å². The second-order valence-corrected chi connectivity index (χ2v) is 11.9. The summed E-state index contributed by atoms with van der Waals surface area (Å²) in [5.41, 5.74) is 4.30. The molecular formula is C35H43N3O7. The van der Waals surface area contributed by atoms with Crippen LogP contribution in [0.2, 0.25) is 0 Å². The van der Waals surface area contributed by atoms with Crippen molar-refractivity contribution in [3.63, 3.8) is 0 Å². The molecule has 2 aliphatic heterocycles. The van der Waals surface area contributed by atoms with Crippen molar-refractivity contribution >= 4 is 23.5 Å². The third-order valence-corrected chi connectivity index (χ3v) is 7.68. The van der Waals surface area contributed by atoms with Crippen LogP contribution in [0.15, 0.2) is 72.8 Å². The number of ether oxygens (including phenoxy) is 5. The molecule has 2 heterocycles. The van der Waals surface area contributed by atoms with Crippen LogP contribution in [0.25, 0.3) is 0 Å². The Balaban J connectivity index is 0.931. The molecule has 2 atom stereocenters. The molecular weight excluding hydrogens is 574 g/mol. The zero-order valence-corrected chi connectivity index (χ0v) is 26.3. The quantitative estimate of drug-likeness (QED) is 0.183. The van der Waals surface area contributed by atoms with Crippen molar-refractivity contribution in [1.82, 2.24) is 4.90 Å². The third kappa shape index (κ3) is 9.68. The van der Waals surface area contributed by atoms with Crippen LogP contribution in [0.3, 0.4) is 0 Å². The van der Waals surface area contributed by atoms with Crippen LogP contribution in [0.4, 0.5) is 21.0 Å². The Morgan fingerprint density at radius 3 is 2.64 bits per heavy atom.